The Morgan fingerprint density at radius 2 is 2.44 bits per heavy atom. The lowest BCUT2D eigenvalue weighted by atomic mass is 10.4. The van der Waals surface area contributed by atoms with Crippen molar-refractivity contribution in [3.63, 3.8) is 0 Å². The van der Waals surface area contributed by atoms with E-state index < -0.39 is 0 Å². The Morgan fingerprint density at radius 3 is 3.06 bits per heavy atom. The highest BCUT2D eigenvalue weighted by Crippen LogP contribution is 2.27. The van der Waals surface area contributed by atoms with Gasteiger partial charge in [0.2, 0.25) is 0 Å². The summed E-state index contributed by atoms with van der Waals surface area (Å²) in [7, 11) is 0. The average molecular weight is 256 g/mol. The molecule has 0 aliphatic heterocycles. The van der Waals surface area contributed by atoms with Crippen molar-refractivity contribution in [2.45, 2.75) is 24.6 Å². The second-order valence-corrected chi connectivity index (χ2v) is 5.21. The summed E-state index contributed by atoms with van der Waals surface area (Å²) in [6.07, 6.45) is 0.484. The highest BCUT2D eigenvalue weighted by atomic mass is 32.2. The topological polar surface area (TPSA) is 63.0 Å². The van der Waals surface area contributed by atoms with E-state index in [1.54, 1.807) is 13.8 Å². The molecular weight excluding hydrogens is 244 g/mol. The van der Waals surface area contributed by atoms with Crippen LogP contribution in [0.3, 0.4) is 0 Å². The maximum absolute atomic E-state index is 11.5. The predicted octanol–water partition coefficient (Wildman–Crippen LogP) is 2.63. The predicted molar refractivity (Wildman–Crippen MR) is 63.8 cm³/mol. The molecule has 0 saturated carbocycles. The Kier molecular flexibility index (Phi) is 5.29. The maximum Gasteiger partial charge on any atom is 0.350 e. The van der Waals surface area contributed by atoms with Crippen LogP contribution in [0.5, 0.6) is 0 Å². The molecule has 0 radical (unpaired) electrons. The molecule has 0 spiro atoms. The third kappa shape index (κ3) is 3.51. The van der Waals surface area contributed by atoms with Gasteiger partial charge >= 0.3 is 5.97 Å². The molecule has 0 saturated heterocycles. The van der Waals surface area contributed by atoms with Gasteiger partial charge in [-0.2, -0.15) is 5.26 Å². The zero-order valence-corrected chi connectivity index (χ0v) is 10.8. The van der Waals surface area contributed by atoms with Gasteiger partial charge in [0.25, 0.3) is 0 Å². The lowest BCUT2D eigenvalue weighted by Crippen LogP contribution is -2.03. The van der Waals surface area contributed by atoms with Crippen molar-refractivity contribution < 1.29 is 9.53 Å². The number of aryl methyl sites for hydroxylation is 1. The highest BCUT2D eigenvalue weighted by Gasteiger charge is 2.16. The number of thioether (sulfide) groups is 1. The van der Waals surface area contributed by atoms with Gasteiger partial charge in [0, 0.05) is 12.2 Å². The van der Waals surface area contributed by atoms with Crippen LogP contribution >= 0.6 is 23.1 Å². The lowest BCUT2D eigenvalue weighted by Gasteiger charge is -1.97. The number of nitrogens with zero attached hydrogens (tertiary/aromatic N) is 2. The van der Waals surface area contributed by atoms with Gasteiger partial charge in [-0.05, 0) is 13.8 Å². The summed E-state index contributed by atoms with van der Waals surface area (Å²) in [6, 6.07) is 2.07. The molecule has 0 unspecified atom stereocenters. The first kappa shape index (κ1) is 13.0. The zero-order chi connectivity index (χ0) is 12.0. The molecule has 4 nitrogen and oxygen atoms in total. The number of carbonyl (C=O) groups is 1. The quantitative estimate of drug-likeness (QED) is 0.460. The van der Waals surface area contributed by atoms with Crippen molar-refractivity contribution >= 4 is 29.1 Å². The highest BCUT2D eigenvalue weighted by molar-refractivity contribution is 8.01. The first-order valence-electron chi connectivity index (χ1n) is 4.83. The Balaban J connectivity index is 2.66. The molecule has 0 amide bonds. The first-order chi connectivity index (χ1) is 7.69. The monoisotopic (exact) mass is 256 g/mol. The van der Waals surface area contributed by atoms with Gasteiger partial charge in [-0.3, -0.25) is 0 Å². The molecule has 0 aromatic carbocycles. The molecule has 1 heterocycles. The van der Waals surface area contributed by atoms with Gasteiger partial charge in [0.05, 0.1) is 18.4 Å². The number of nitriles is 1. The van der Waals surface area contributed by atoms with Gasteiger partial charge in [-0.25, -0.2) is 9.78 Å². The van der Waals surface area contributed by atoms with Crippen LogP contribution < -0.4 is 0 Å². The molecule has 0 atom stereocenters. The summed E-state index contributed by atoms with van der Waals surface area (Å²) in [4.78, 5) is 16.3. The van der Waals surface area contributed by atoms with Crippen molar-refractivity contribution in [3.05, 3.63) is 10.6 Å². The number of hydrogen-bond acceptors (Lipinski definition) is 6. The van der Waals surface area contributed by atoms with E-state index in [9.17, 15) is 4.79 Å². The number of rotatable bonds is 5. The number of esters is 1. The van der Waals surface area contributed by atoms with Gasteiger partial charge in [0.1, 0.15) is 4.88 Å². The molecule has 1 rings (SSSR count). The Bertz CT molecular complexity index is 409. The minimum atomic E-state index is -0.315. The van der Waals surface area contributed by atoms with Crippen LogP contribution in [0.25, 0.3) is 0 Å². The Hall–Kier alpha value is -1.06. The van der Waals surface area contributed by atoms with E-state index in [1.165, 1.54) is 23.1 Å². The van der Waals surface area contributed by atoms with Crippen molar-refractivity contribution in [1.29, 1.82) is 5.26 Å². The molecule has 16 heavy (non-hydrogen) atoms. The molecule has 0 aliphatic rings. The molecule has 0 N–H and O–H groups in total. The summed E-state index contributed by atoms with van der Waals surface area (Å²) in [5, 5.41) is 8.41. The third-order valence-corrected chi connectivity index (χ3v) is 3.96. The molecule has 1 aromatic heterocycles. The van der Waals surface area contributed by atoms with Crippen LogP contribution in [-0.4, -0.2) is 23.3 Å². The van der Waals surface area contributed by atoms with Crippen molar-refractivity contribution in [3.8, 4) is 6.07 Å². The van der Waals surface area contributed by atoms with Gasteiger partial charge < -0.3 is 4.74 Å². The third-order valence-electron chi connectivity index (χ3n) is 1.68. The minimum absolute atomic E-state index is 0.315. The summed E-state index contributed by atoms with van der Waals surface area (Å²) in [5.41, 5.74) is 0.697. The smallest absolute Gasteiger partial charge is 0.350 e. The molecule has 0 fully saturated rings. The molecule has 1 aromatic rings. The molecular formula is C10H12N2O2S2. The molecule has 86 valence electrons. The van der Waals surface area contributed by atoms with Crippen LogP contribution in [0.1, 0.15) is 28.7 Å². The SMILES string of the molecule is CCOC(=O)c1sc(SCCC#N)nc1C. The normalized spacial score (nSPS) is 9.81. The summed E-state index contributed by atoms with van der Waals surface area (Å²) in [5.74, 6) is 0.385. The maximum atomic E-state index is 11.5. The van der Waals surface area contributed by atoms with Crippen LogP contribution in [0.2, 0.25) is 0 Å². The van der Waals surface area contributed by atoms with Crippen LogP contribution in [0.4, 0.5) is 0 Å². The van der Waals surface area contributed by atoms with Crippen LogP contribution in [0, 0.1) is 18.3 Å². The number of thiazole rings is 1. The molecule has 0 bridgehead atoms. The fraction of sp³-hybridized carbons (Fsp3) is 0.500. The number of hydrogen-bond donors (Lipinski definition) is 0. The summed E-state index contributed by atoms with van der Waals surface area (Å²) < 4.78 is 5.73. The van der Waals surface area contributed by atoms with E-state index >= 15 is 0 Å². The van der Waals surface area contributed by atoms with Gasteiger partial charge in [-0.1, -0.05) is 11.8 Å². The second kappa shape index (κ2) is 6.51. The van der Waals surface area contributed by atoms with E-state index in [4.69, 9.17) is 10.00 Å². The molecule has 6 heteroatoms. The number of carbonyl (C=O) groups excluding carboxylic acids is 1. The largest absolute Gasteiger partial charge is 0.462 e. The minimum Gasteiger partial charge on any atom is -0.462 e. The Morgan fingerprint density at radius 1 is 1.69 bits per heavy atom. The van der Waals surface area contributed by atoms with E-state index in [0.717, 1.165) is 4.34 Å². The van der Waals surface area contributed by atoms with E-state index in [0.29, 0.717) is 29.4 Å². The fourth-order valence-corrected chi connectivity index (χ4v) is 3.00. The number of ether oxygens (including phenoxy) is 1. The van der Waals surface area contributed by atoms with E-state index in [-0.39, 0.29) is 5.97 Å². The fourth-order valence-electron chi connectivity index (χ4n) is 1.00. The van der Waals surface area contributed by atoms with Crippen LogP contribution in [0.15, 0.2) is 4.34 Å². The number of aromatic nitrogens is 1. The summed E-state index contributed by atoms with van der Waals surface area (Å²) in [6.45, 7) is 3.93. The van der Waals surface area contributed by atoms with Crippen molar-refractivity contribution in [2.24, 2.45) is 0 Å². The zero-order valence-electron chi connectivity index (χ0n) is 9.15. The Labute approximate surface area is 103 Å². The lowest BCUT2D eigenvalue weighted by molar-refractivity contribution is 0.0531. The second-order valence-electron chi connectivity index (χ2n) is 2.87. The van der Waals surface area contributed by atoms with E-state index in [1.807, 2.05) is 0 Å². The standard InChI is InChI=1S/C10H12N2O2S2/c1-3-14-9(13)8-7(2)12-10(16-8)15-6-4-5-11/h3-4,6H2,1-2H3. The van der Waals surface area contributed by atoms with Gasteiger partial charge in [0.15, 0.2) is 4.34 Å². The average Bonchev–Trinajstić information content (AvgIpc) is 2.61. The van der Waals surface area contributed by atoms with Crippen LogP contribution in [-0.2, 0) is 4.74 Å². The van der Waals surface area contributed by atoms with Crippen molar-refractivity contribution in [1.82, 2.24) is 4.98 Å². The van der Waals surface area contributed by atoms with Crippen molar-refractivity contribution in [2.75, 3.05) is 12.4 Å². The van der Waals surface area contributed by atoms with E-state index in [2.05, 4.69) is 11.1 Å². The first-order valence-corrected chi connectivity index (χ1v) is 6.63. The van der Waals surface area contributed by atoms with Gasteiger partial charge in [-0.15, -0.1) is 11.3 Å². The summed E-state index contributed by atoms with van der Waals surface area (Å²) >= 11 is 2.82. The molecule has 0 aliphatic carbocycles.